The van der Waals surface area contributed by atoms with E-state index in [0.717, 1.165) is 16.9 Å². The van der Waals surface area contributed by atoms with Crippen LogP contribution in [-0.4, -0.2) is 70.5 Å². The molecule has 3 aromatic carbocycles. The minimum absolute atomic E-state index is 0.0325. The topological polar surface area (TPSA) is 155 Å². The molecule has 0 fully saturated rings. The van der Waals surface area contributed by atoms with Gasteiger partial charge in [-0.25, -0.2) is 0 Å². The maximum Gasteiger partial charge on any atom is 0.287 e. The molecular formula is C34H38N2O10. The molecule has 0 saturated heterocycles. The van der Waals surface area contributed by atoms with Crippen molar-refractivity contribution in [1.29, 1.82) is 0 Å². The highest BCUT2D eigenvalue weighted by atomic mass is 16.7. The average molecular weight is 635 g/mol. The van der Waals surface area contributed by atoms with Gasteiger partial charge in [0, 0.05) is 32.4 Å². The van der Waals surface area contributed by atoms with Gasteiger partial charge in [0.05, 0.1) is 18.5 Å². The Hall–Kier alpha value is -4.91. The van der Waals surface area contributed by atoms with E-state index >= 15 is 0 Å². The molecule has 0 aliphatic heterocycles. The molecule has 46 heavy (non-hydrogen) atoms. The highest BCUT2D eigenvalue weighted by Gasteiger charge is 2.30. The van der Waals surface area contributed by atoms with Crippen LogP contribution in [0.4, 0.5) is 0 Å². The molecule has 0 radical (unpaired) electrons. The molecule has 244 valence electrons. The summed E-state index contributed by atoms with van der Waals surface area (Å²) in [5.74, 6) is -0.559. The Balaban J connectivity index is 1.57. The van der Waals surface area contributed by atoms with Crippen LogP contribution in [0.15, 0.2) is 75.9 Å². The number of hydrogen-bond acceptors (Lipinski definition) is 10. The summed E-state index contributed by atoms with van der Waals surface area (Å²) >= 11 is 0. The number of hydrogen-bond donors (Lipinski definition) is 3. The van der Waals surface area contributed by atoms with Gasteiger partial charge in [-0.15, -0.1) is 0 Å². The summed E-state index contributed by atoms with van der Waals surface area (Å²) in [6, 6.07) is 18.3. The Morgan fingerprint density at radius 2 is 1.54 bits per heavy atom. The molecule has 4 rings (SSSR count). The number of aliphatic hydroxyl groups excluding tert-OH is 1. The molecule has 2 atom stereocenters. The van der Waals surface area contributed by atoms with Gasteiger partial charge in [-0.1, -0.05) is 42.5 Å². The van der Waals surface area contributed by atoms with Crippen molar-refractivity contribution in [1.82, 2.24) is 10.6 Å². The van der Waals surface area contributed by atoms with E-state index < -0.39 is 29.4 Å². The molecule has 0 spiro atoms. The number of aliphatic hydroxyl groups is 1. The Labute approximate surface area is 266 Å². The molecule has 1 aromatic heterocycles. The summed E-state index contributed by atoms with van der Waals surface area (Å²) < 4.78 is 32.2. The second-order valence-corrected chi connectivity index (χ2v) is 10.4. The van der Waals surface area contributed by atoms with Gasteiger partial charge >= 0.3 is 0 Å². The monoisotopic (exact) mass is 634 g/mol. The highest BCUT2D eigenvalue weighted by Crippen LogP contribution is 2.32. The molecule has 0 saturated carbocycles. The quantitative estimate of drug-likeness (QED) is 0.157. The minimum Gasteiger partial charge on any atom is -0.497 e. The zero-order valence-electron chi connectivity index (χ0n) is 26.2. The molecule has 4 aromatic rings. The van der Waals surface area contributed by atoms with Crippen LogP contribution in [0.2, 0.25) is 0 Å². The lowest BCUT2D eigenvalue weighted by Gasteiger charge is -2.24. The van der Waals surface area contributed by atoms with Gasteiger partial charge in [-0.05, 0) is 49.1 Å². The molecule has 3 N–H and O–H groups in total. The SMILES string of the molecule is COCOc1cc2oc(C(=O)N[C@@H](Cc3ccccc3)[C@@H](O)C(=O)NCCc3ccc(OC)cc3)c(C)c(=O)c2cc1OCOC. The van der Waals surface area contributed by atoms with Crippen molar-refractivity contribution < 1.29 is 42.8 Å². The van der Waals surface area contributed by atoms with E-state index in [1.165, 1.54) is 33.3 Å². The molecular weight excluding hydrogens is 596 g/mol. The van der Waals surface area contributed by atoms with Crippen molar-refractivity contribution in [3.63, 3.8) is 0 Å². The number of carbonyl (C=O) groups excluding carboxylic acids is 2. The fourth-order valence-corrected chi connectivity index (χ4v) is 4.73. The molecule has 0 bridgehead atoms. The smallest absolute Gasteiger partial charge is 0.287 e. The molecule has 1 heterocycles. The summed E-state index contributed by atoms with van der Waals surface area (Å²) in [7, 11) is 4.49. The van der Waals surface area contributed by atoms with Crippen molar-refractivity contribution in [2.75, 3.05) is 41.5 Å². The molecule has 0 unspecified atom stereocenters. The first-order chi connectivity index (χ1) is 22.2. The van der Waals surface area contributed by atoms with E-state index in [1.807, 2.05) is 54.6 Å². The van der Waals surface area contributed by atoms with Gasteiger partial charge in [0.15, 0.2) is 42.4 Å². The van der Waals surface area contributed by atoms with E-state index in [0.29, 0.717) is 6.42 Å². The third kappa shape index (κ3) is 8.62. The van der Waals surface area contributed by atoms with Crippen LogP contribution in [0.25, 0.3) is 11.0 Å². The van der Waals surface area contributed by atoms with Gasteiger partial charge < -0.3 is 43.8 Å². The minimum atomic E-state index is -1.61. The molecule has 0 aliphatic carbocycles. The summed E-state index contributed by atoms with van der Waals surface area (Å²) in [5, 5.41) is 16.7. The Morgan fingerprint density at radius 1 is 0.891 bits per heavy atom. The zero-order valence-corrected chi connectivity index (χ0v) is 26.2. The molecule has 12 heteroatoms. The van der Waals surface area contributed by atoms with Crippen molar-refractivity contribution >= 4 is 22.8 Å². The fourth-order valence-electron chi connectivity index (χ4n) is 4.73. The standard InChI is InChI=1S/C34H38N2O10/c1-21-30(37)25-17-28(44-19-41-2)29(45-20-42-3)18-27(25)46-32(21)34(40)36-26(16-23-8-6-5-7-9-23)31(38)33(39)35-15-14-22-10-12-24(43-4)13-11-22/h5-13,17-18,26,31,38H,14-16,19-20H2,1-4H3,(H,35,39)(H,36,40)/t26-,31+/m0/s1. The first kappa shape index (κ1) is 34.0. The van der Waals surface area contributed by atoms with Crippen LogP contribution in [-0.2, 0) is 27.1 Å². The van der Waals surface area contributed by atoms with E-state index in [4.69, 9.17) is 28.1 Å². The largest absolute Gasteiger partial charge is 0.497 e. The lowest BCUT2D eigenvalue weighted by molar-refractivity contribution is -0.130. The lowest BCUT2D eigenvalue weighted by Crippen LogP contribution is -2.52. The number of amides is 2. The van der Waals surface area contributed by atoms with Gasteiger partial charge in [0.25, 0.3) is 11.8 Å². The Kier molecular flexibility index (Phi) is 12.1. The second-order valence-electron chi connectivity index (χ2n) is 10.4. The van der Waals surface area contributed by atoms with Gasteiger partial charge in [0.1, 0.15) is 11.3 Å². The van der Waals surface area contributed by atoms with Gasteiger partial charge in [-0.2, -0.15) is 0 Å². The number of carbonyl (C=O) groups is 2. The van der Waals surface area contributed by atoms with E-state index in [-0.39, 0.29) is 60.3 Å². The summed E-state index contributed by atoms with van der Waals surface area (Å²) in [4.78, 5) is 40.1. The first-order valence-electron chi connectivity index (χ1n) is 14.5. The normalized spacial score (nSPS) is 12.3. The van der Waals surface area contributed by atoms with E-state index in [2.05, 4.69) is 10.6 Å². The van der Waals surface area contributed by atoms with Crippen LogP contribution >= 0.6 is 0 Å². The van der Waals surface area contributed by atoms with Gasteiger partial charge in [0.2, 0.25) is 0 Å². The van der Waals surface area contributed by atoms with Crippen LogP contribution in [0.1, 0.15) is 27.2 Å². The maximum absolute atomic E-state index is 13.6. The third-order valence-corrected chi connectivity index (χ3v) is 7.19. The van der Waals surface area contributed by atoms with Crippen molar-refractivity contribution in [3.05, 3.63) is 99.4 Å². The predicted octanol–water partition coefficient (Wildman–Crippen LogP) is 3.14. The second kappa shape index (κ2) is 16.4. The number of methoxy groups -OCH3 is 3. The summed E-state index contributed by atoms with van der Waals surface area (Å²) in [6.45, 7) is 1.51. The van der Waals surface area contributed by atoms with Crippen LogP contribution in [0, 0.1) is 6.92 Å². The molecule has 12 nitrogen and oxygen atoms in total. The maximum atomic E-state index is 13.6. The Bertz CT molecular complexity index is 1670. The number of rotatable bonds is 16. The van der Waals surface area contributed by atoms with Crippen LogP contribution in [0.3, 0.4) is 0 Å². The molecule has 0 aliphatic rings. The highest BCUT2D eigenvalue weighted by molar-refractivity contribution is 5.96. The van der Waals surface area contributed by atoms with Crippen molar-refractivity contribution in [3.8, 4) is 17.2 Å². The number of benzene rings is 3. The lowest BCUT2D eigenvalue weighted by atomic mass is 10.00. The number of ether oxygens (including phenoxy) is 5. The van der Waals surface area contributed by atoms with Crippen LogP contribution in [0.5, 0.6) is 17.2 Å². The average Bonchev–Trinajstić information content (AvgIpc) is 3.07. The number of fused-ring (bicyclic) bond motifs is 1. The third-order valence-electron chi connectivity index (χ3n) is 7.19. The molecule has 2 amide bonds. The van der Waals surface area contributed by atoms with Gasteiger partial charge in [-0.3, -0.25) is 14.4 Å². The fraction of sp³-hybridized carbons (Fsp3) is 0.324. The van der Waals surface area contributed by atoms with Crippen molar-refractivity contribution in [2.45, 2.75) is 31.9 Å². The predicted molar refractivity (Wildman–Crippen MR) is 169 cm³/mol. The first-order valence-corrected chi connectivity index (χ1v) is 14.5. The number of nitrogens with one attached hydrogen (secondary N) is 2. The Morgan fingerprint density at radius 3 is 2.17 bits per heavy atom. The zero-order chi connectivity index (χ0) is 33.1. The van der Waals surface area contributed by atoms with Crippen LogP contribution < -0.4 is 30.3 Å². The summed E-state index contributed by atoms with van der Waals surface area (Å²) in [6.07, 6.45) is -0.957. The van der Waals surface area contributed by atoms with E-state index in [9.17, 15) is 19.5 Å². The van der Waals surface area contributed by atoms with Crippen molar-refractivity contribution in [2.24, 2.45) is 0 Å². The summed E-state index contributed by atoms with van der Waals surface area (Å²) in [5.41, 5.74) is 1.37. The van der Waals surface area contributed by atoms with E-state index in [1.54, 1.807) is 7.11 Å².